The van der Waals surface area contributed by atoms with E-state index in [0.717, 1.165) is 64.5 Å². The van der Waals surface area contributed by atoms with Gasteiger partial charge < -0.3 is 20.3 Å². The molecule has 2 amide bonds. The first-order valence-corrected chi connectivity index (χ1v) is 14.0. The molecule has 1 aliphatic carbocycles. The second kappa shape index (κ2) is 12.6. The first-order chi connectivity index (χ1) is 18.2. The molecule has 37 heavy (non-hydrogen) atoms. The van der Waals surface area contributed by atoms with Crippen LogP contribution in [0.5, 0.6) is 0 Å². The molecule has 1 saturated carbocycles. The summed E-state index contributed by atoms with van der Waals surface area (Å²) in [5.41, 5.74) is 4.91. The van der Waals surface area contributed by atoms with Crippen LogP contribution < -0.4 is 15.5 Å². The van der Waals surface area contributed by atoms with Crippen molar-refractivity contribution in [3.05, 3.63) is 59.2 Å². The summed E-state index contributed by atoms with van der Waals surface area (Å²) in [6, 6.07) is 14.3. The number of ether oxygens (including phenoxy) is 1. The van der Waals surface area contributed by atoms with E-state index in [2.05, 4.69) is 44.7 Å². The average molecular weight is 505 g/mol. The second-order valence-electron chi connectivity index (χ2n) is 10.6. The Morgan fingerprint density at radius 1 is 0.973 bits per heavy atom. The van der Waals surface area contributed by atoms with Gasteiger partial charge in [-0.1, -0.05) is 49.9 Å². The average Bonchev–Trinajstić information content (AvgIpc) is 3.46. The summed E-state index contributed by atoms with van der Waals surface area (Å²) in [7, 11) is 0. The lowest BCUT2D eigenvalue weighted by molar-refractivity contribution is -0.116. The molecule has 0 aromatic heterocycles. The molecular weight excluding hydrogens is 464 g/mol. The monoisotopic (exact) mass is 504 g/mol. The molecule has 0 radical (unpaired) electrons. The zero-order valence-electron chi connectivity index (χ0n) is 21.8. The molecule has 7 nitrogen and oxygen atoms in total. The largest absolute Gasteiger partial charge is 0.379 e. The van der Waals surface area contributed by atoms with Crippen molar-refractivity contribution in [1.29, 1.82) is 0 Å². The van der Waals surface area contributed by atoms with Crippen molar-refractivity contribution < 1.29 is 14.3 Å². The number of benzene rings is 2. The molecule has 0 bridgehead atoms. The Morgan fingerprint density at radius 3 is 2.57 bits per heavy atom. The van der Waals surface area contributed by atoms with E-state index in [4.69, 9.17) is 4.74 Å². The Labute approximate surface area is 220 Å². The predicted octanol–water partition coefficient (Wildman–Crippen LogP) is 4.22. The first kappa shape index (κ1) is 25.7. The highest BCUT2D eigenvalue weighted by Gasteiger charge is 2.23. The Kier molecular flexibility index (Phi) is 8.74. The molecule has 2 aliphatic heterocycles. The fraction of sp³-hybridized carbons (Fsp3) is 0.533. The summed E-state index contributed by atoms with van der Waals surface area (Å²) in [5.74, 6) is 0.623. The number of anilines is 2. The van der Waals surface area contributed by atoms with Crippen LogP contribution in [0.1, 0.15) is 60.0 Å². The highest BCUT2D eigenvalue weighted by atomic mass is 16.5. The standard InChI is InChI=1S/C30H40N4O3/c35-29(12-9-23-5-1-2-6-23)32-26-10-11-28(34-15-13-24-7-3-4-8-25(24)22-34)27(21-26)30(36)31-14-16-33-17-19-37-20-18-33/h3-4,7-8,10-11,21,23H,1-2,5-6,9,12-20,22H2,(H,31,36)(H,32,35). The first-order valence-electron chi connectivity index (χ1n) is 14.0. The van der Waals surface area contributed by atoms with Gasteiger partial charge in [0.05, 0.1) is 18.8 Å². The van der Waals surface area contributed by atoms with E-state index in [1.807, 2.05) is 18.2 Å². The van der Waals surface area contributed by atoms with E-state index < -0.39 is 0 Å². The van der Waals surface area contributed by atoms with Gasteiger partial charge in [0.15, 0.2) is 0 Å². The number of carbonyl (C=O) groups excluding carboxylic acids is 2. The number of fused-ring (bicyclic) bond motifs is 1. The molecule has 3 aliphatic rings. The highest BCUT2D eigenvalue weighted by Crippen LogP contribution is 2.31. The topological polar surface area (TPSA) is 73.9 Å². The number of hydrogen-bond acceptors (Lipinski definition) is 5. The van der Waals surface area contributed by atoms with Gasteiger partial charge in [-0.15, -0.1) is 0 Å². The number of nitrogens with zero attached hydrogens (tertiary/aromatic N) is 2. The third-order valence-electron chi connectivity index (χ3n) is 8.07. The summed E-state index contributed by atoms with van der Waals surface area (Å²) in [4.78, 5) is 30.7. The SMILES string of the molecule is O=C(CCC1CCCC1)Nc1ccc(N2CCc3ccccc3C2)c(C(=O)NCCN2CCOCC2)c1. The predicted molar refractivity (Wildman–Crippen MR) is 147 cm³/mol. The molecule has 7 heteroatoms. The Balaban J connectivity index is 1.28. The van der Waals surface area contributed by atoms with Crippen molar-refractivity contribution in [2.75, 3.05) is 56.2 Å². The molecule has 2 fully saturated rings. The maximum atomic E-state index is 13.4. The van der Waals surface area contributed by atoms with Crippen LogP contribution in [0.4, 0.5) is 11.4 Å². The van der Waals surface area contributed by atoms with E-state index in [-0.39, 0.29) is 11.8 Å². The number of morpholine rings is 1. The summed E-state index contributed by atoms with van der Waals surface area (Å²) >= 11 is 0. The molecule has 1 saturated heterocycles. The molecule has 5 rings (SSSR count). The third kappa shape index (κ3) is 6.90. The van der Waals surface area contributed by atoms with Crippen LogP contribution in [0.2, 0.25) is 0 Å². The number of carbonyl (C=O) groups is 2. The Bertz CT molecular complexity index is 1080. The quantitative estimate of drug-likeness (QED) is 0.535. The smallest absolute Gasteiger partial charge is 0.253 e. The lowest BCUT2D eigenvalue weighted by atomic mass is 9.98. The molecule has 2 aromatic carbocycles. The van der Waals surface area contributed by atoms with E-state index in [1.165, 1.54) is 36.8 Å². The van der Waals surface area contributed by atoms with Gasteiger partial charge in [-0.25, -0.2) is 0 Å². The normalized spacial score (nSPS) is 18.4. The summed E-state index contributed by atoms with van der Waals surface area (Å²) < 4.78 is 5.43. The highest BCUT2D eigenvalue weighted by molar-refractivity contribution is 6.02. The molecule has 198 valence electrons. The van der Waals surface area contributed by atoms with Gasteiger partial charge in [0.2, 0.25) is 5.91 Å². The van der Waals surface area contributed by atoms with Crippen LogP contribution in [-0.4, -0.2) is 62.7 Å². The van der Waals surface area contributed by atoms with Crippen molar-refractivity contribution in [3.63, 3.8) is 0 Å². The molecule has 2 N–H and O–H groups in total. The van der Waals surface area contributed by atoms with Crippen molar-refractivity contribution in [3.8, 4) is 0 Å². The zero-order chi connectivity index (χ0) is 25.5. The summed E-state index contributed by atoms with van der Waals surface area (Å²) in [5, 5.41) is 6.18. The lowest BCUT2D eigenvalue weighted by Crippen LogP contribution is -2.41. The summed E-state index contributed by atoms with van der Waals surface area (Å²) in [6.07, 6.45) is 7.51. The number of hydrogen-bond donors (Lipinski definition) is 2. The summed E-state index contributed by atoms with van der Waals surface area (Å²) in [6.45, 7) is 6.31. The third-order valence-corrected chi connectivity index (χ3v) is 8.07. The minimum Gasteiger partial charge on any atom is -0.379 e. The minimum absolute atomic E-state index is 0.0326. The maximum absolute atomic E-state index is 13.4. The van der Waals surface area contributed by atoms with Gasteiger partial charge in [0, 0.05) is 57.1 Å². The van der Waals surface area contributed by atoms with E-state index in [1.54, 1.807) is 0 Å². The zero-order valence-corrected chi connectivity index (χ0v) is 21.8. The minimum atomic E-state index is -0.0934. The van der Waals surface area contributed by atoms with Crippen LogP contribution in [0, 0.1) is 5.92 Å². The Hall–Kier alpha value is -2.90. The molecule has 2 heterocycles. The van der Waals surface area contributed by atoms with Gasteiger partial charge in [0.1, 0.15) is 0 Å². The maximum Gasteiger partial charge on any atom is 0.253 e. The molecule has 2 aromatic rings. The molecule has 0 spiro atoms. The molecular formula is C30H40N4O3. The van der Waals surface area contributed by atoms with Gasteiger partial charge >= 0.3 is 0 Å². The van der Waals surface area contributed by atoms with E-state index >= 15 is 0 Å². The Morgan fingerprint density at radius 2 is 1.76 bits per heavy atom. The lowest BCUT2D eigenvalue weighted by Gasteiger charge is -2.32. The van der Waals surface area contributed by atoms with Crippen molar-refractivity contribution >= 4 is 23.2 Å². The van der Waals surface area contributed by atoms with E-state index in [9.17, 15) is 9.59 Å². The van der Waals surface area contributed by atoms with Crippen molar-refractivity contribution in [2.45, 2.75) is 51.5 Å². The fourth-order valence-corrected chi connectivity index (χ4v) is 5.88. The number of rotatable bonds is 9. The van der Waals surface area contributed by atoms with Gasteiger partial charge in [-0.3, -0.25) is 14.5 Å². The second-order valence-corrected chi connectivity index (χ2v) is 10.6. The number of nitrogens with one attached hydrogen (secondary N) is 2. The molecule has 0 unspecified atom stereocenters. The van der Waals surface area contributed by atoms with Gasteiger partial charge in [-0.05, 0) is 48.1 Å². The van der Waals surface area contributed by atoms with Crippen LogP contribution in [0.15, 0.2) is 42.5 Å². The van der Waals surface area contributed by atoms with Gasteiger partial charge in [0.25, 0.3) is 5.91 Å². The van der Waals surface area contributed by atoms with Crippen molar-refractivity contribution in [2.24, 2.45) is 5.92 Å². The van der Waals surface area contributed by atoms with Gasteiger partial charge in [-0.2, -0.15) is 0 Å². The van der Waals surface area contributed by atoms with Crippen molar-refractivity contribution in [1.82, 2.24) is 10.2 Å². The van der Waals surface area contributed by atoms with E-state index in [0.29, 0.717) is 30.1 Å². The molecule has 0 atom stereocenters. The van der Waals surface area contributed by atoms with Crippen LogP contribution in [0.25, 0.3) is 0 Å². The van der Waals surface area contributed by atoms with Crippen LogP contribution in [0.3, 0.4) is 0 Å². The van der Waals surface area contributed by atoms with Crippen LogP contribution in [-0.2, 0) is 22.5 Å². The number of amides is 2. The van der Waals surface area contributed by atoms with Crippen LogP contribution >= 0.6 is 0 Å². The fourth-order valence-electron chi connectivity index (χ4n) is 5.88.